The zero-order chi connectivity index (χ0) is 52.9. The van der Waals surface area contributed by atoms with E-state index in [1.165, 1.54) is 193 Å². The molecule has 0 amide bonds. The van der Waals surface area contributed by atoms with Gasteiger partial charge in [0.2, 0.25) is 0 Å². The Hall–Kier alpha value is -3.15. The molecule has 73 heavy (non-hydrogen) atoms. The lowest BCUT2D eigenvalue weighted by atomic mass is 10.0. The predicted octanol–water partition coefficient (Wildman–Crippen LogP) is 21.3. The second-order valence-corrected chi connectivity index (χ2v) is 21.0. The first kappa shape index (κ1) is 69.8. The van der Waals surface area contributed by atoms with Crippen LogP contribution in [0.1, 0.15) is 316 Å². The summed E-state index contributed by atoms with van der Waals surface area (Å²) in [5.41, 5.74) is 0. The molecule has 0 aromatic carbocycles. The van der Waals surface area contributed by atoms with Gasteiger partial charge in [-0.15, -0.1) is 0 Å². The molecule has 0 aliphatic heterocycles. The standard InChI is InChI=1S/C67H118O6/c1-4-7-10-13-16-19-22-25-28-31-33-35-36-39-42-45-48-51-54-57-60-66(69)72-63-64(62-71-65(68)59-56-53-50-47-44-41-38-30-27-24-21-18-15-12-9-6-3)73-67(70)61-58-55-52-49-46-43-40-37-34-32-29-26-23-20-17-14-11-8-5-2/h8,11,17,20,26,29,34,37,43,46,52,55,64H,4-7,9-10,12-16,18-19,21-25,27-28,30-33,35-36,38-42,44-45,47-51,53-54,56-63H2,1-3H3/b11-8-,20-17-,29-26-,37-34-,46-43-,55-52-. The number of hydrogen-bond donors (Lipinski definition) is 0. The number of hydrogen-bond acceptors (Lipinski definition) is 6. The van der Waals surface area contributed by atoms with Crippen LogP contribution < -0.4 is 0 Å². The van der Waals surface area contributed by atoms with Crippen LogP contribution in [0.3, 0.4) is 0 Å². The molecule has 0 rings (SSSR count). The van der Waals surface area contributed by atoms with Gasteiger partial charge in [-0.3, -0.25) is 14.4 Å². The predicted molar refractivity (Wildman–Crippen MR) is 316 cm³/mol. The highest BCUT2D eigenvalue weighted by molar-refractivity contribution is 5.71. The van der Waals surface area contributed by atoms with E-state index < -0.39 is 6.10 Å². The largest absolute Gasteiger partial charge is 0.462 e. The highest BCUT2D eigenvalue weighted by Gasteiger charge is 2.19. The molecule has 1 atom stereocenters. The molecule has 0 aliphatic rings. The minimum absolute atomic E-state index is 0.101. The molecular weight excluding hydrogens is 901 g/mol. The van der Waals surface area contributed by atoms with Crippen LogP contribution in [-0.2, 0) is 28.6 Å². The van der Waals surface area contributed by atoms with Gasteiger partial charge in [-0.05, 0) is 57.8 Å². The third-order valence-electron chi connectivity index (χ3n) is 13.7. The van der Waals surface area contributed by atoms with Crippen LogP contribution >= 0.6 is 0 Å². The van der Waals surface area contributed by atoms with E-state index in [-0.39, 0.29) is 37.5 Å². The maximum atomic E-state index is 12.9. The summed E-state index contributed by atoms with van der Waals surface area (Å²) in [7, 11) is 0. The summed E-state index contributed by atoms with van der Waals surface area (Å²) >= 11 is 0. The van der Waals surface area contributed by atoms with Crippen LogP contribution in [0, 0.1) is 0 Å². The van der Waals surface area contributed by atoms with Crippen molar-refractivity contribution < 1.29 is 28.6 Å². The monoisotopic (exact) mass is 1020 g/mol. The topological polar surface area (TPSA) is 78.9 Å². The number of carbonyl (C=O) groups excluding carboxylic acids is 3. The van der Waals surface area contributed by atoms with E-state index in [0.29, 0.717) is 19.3 Å². The van der Waals surface area contributed by atoms with Gasteiger partial charge >= 0.3 is 17.9 Å². The molecule has 6 nitrogen and oxygen atoms in total. The molecule has 1 unspecified atom stereocenters. The number of unbranched alkanes of at least 4 members (excludes halogenated alkanes) is 34. The molecule has 0 spiro atoms. The van der Waals surface area contributed by atoms with Crippen molar-refractivity contribution in [2.24, 2.45) is 0 Å². The lowest BCUT2D eigenvalue weighted by Crippen LogP contribution is -2.30. The Balaban J connectivity index is 4.43. The number of ether oxygens (including phenoxy) is 3. The van der Waals surface area contributed by atoms with Gasteiger partial charge in [0, 0.05) is 19.3 Å². The number of carbonyl (C=O) groups is 3. The van der Waals surface area contributed by atoms with Gasteiger partial charge < -0.3 is 14.2 Å². The second-order valence-electron chi connectivity index (χ2n) is 21.0. The fourth-order valence-corrected chi connectivity index (χ4v) is 9.06. The zero-order valence-corrected chi connectivity index (χ0v) is 48.4. The van der Waals surface area contributed by atoms with Crippen LogP contribution in [0.4, 0.5) is 0 Å². The summed E-state index contributed by atoms with van der Waals surface area (Å²) in [6.45, 7) is 6.51. The Bertz CT molecular complexity index is 1360. The van der Waals surface area contributed by atoms with Crippen LogP contribution in [0.5, 0.6) is 0 Å². The van der Waals surface area contributed by atoms with E-state index >= 15 is 0 Å². The maximum Gasteiger partial charge on any atom is 0.306 e. The molecule has 0 radical (unpaired) electrons. The minimum atomic E-state index is -0.814. The van der Waals surface area contributed by atoms with Gasteiger partial charge in [-0.1, -0.05) is 312 Å². The lowest BCUT2D eigenvalue weighted by Gasteiger charge is -2.18. The molecule has 6 heteroatoms. The molecule has 0 N–H and O–H groups in total. The quantitative estimate of drug-likeness (QED) is 0.0261. The van der Waals surface area contributed by atoms with Crippen LogP contribution in [-0.4, -0.2) is 37.2 Å². The zero-order valence-electron chi connectivity index (χ0n) is 48.4. The number of rotatable bonds is 57. The summed E-state index contributed by atoms with van der Waals surface area (Å²) in [6, 6.07) is 0. The third-order valence-corrected chi connectivity index (χ3v) is 13.7. The van der Waals surface area contributed by atoms with E-state index in [9.17, 15) is 14.4 Å². The average molecular weight is 1020 g/mol. The first-order valence-corrected chi connectivity index (χ1v) is 31.4. The average Bonchev–Trinajstić information content (AvgIpc) is 3.39. The highest BCUT2D eigenvalue weighted by atomic mass is 16.6. The van der Waals surface area contributed by atoms with Crippen LogP contribution in [0.2, 0.25) is 0 Å². The summed E-state index contributed by atoms with van der Waals surface area (Å²) in [4.78, 5) is 38.3. The Morgan fingerprint density at radius 1 is 0.288 bits per heavy atom. The summed E-state index contributed by atoms with van der Waals surface area (Å²) in [6.07, 6.45) is 79.2. The molecule has 422 valence electrons. The third kappa shape index (κ3) is 59.6. The molecule has 0 aliphatic carbocycles. The Morgan fingerprint density at radius 2 is 0.534 bits per heavy atom. The Labute approximate surface area is 453 Å². The van der Waals surface area contributed by atoms with Gasteiger partial charge in [0.1, 0.15) is 13.2 Å². The van der Waals surface area contributed by atoms with Crippen LogP contribution in [0.25, 0.3) is 0 Å². The molecule has 0 heterocycles. The highest BCUT2D eigenvalue weighted by Crippen LogP contribution is 2.17. The smallest absolute Gasteiger partial charge is 0.306 e. The molecule has 0 saturated heterocycles. The summed E-state index contributed by atoms with van der Waals surface area (Å²) in [5, 5.41) is 0. The molecule has 0 aromatic rings. The van der Waals surface area contributed by atoms with Crippen molar-refractivity contribution in [3.63, 3.8) is 0 Å². The van der Waals surface area contributed by atoms with E-state index in [4.69, 9.17) is 14.2 Å². The van der Waals surface area contributed by atoms with Crippen molar-refractivity contribution in [1.29, 1.82) is 0 Å². The molecule has 0 aromatic heterocycles. The molecule has 0 fully saturated rings. The minimum Gasteiger partial charge on any atom is -0.462 e. The van der Waals surface area contributed by atoms with E-state index in [1.54, 1.807) is 0 Å². The Kier molecular flexibility index (Phi) is 58.7. The fourth-order valence-electron chi connectivity index (χ4n) is 9.06. The number of allylic oxidation sites excluding steroid dienone is 12. The Morgan fingerprint density at radius 3 is 0.808 bits per heavy atom. The second kappa shape index (κ2) is 61.4. The summed E-state index contributed by atoms with van der Waals surface area (Å²) < 4.78 is 16.9. The SMILES string of the molecule is CC/C=C\C/C=C\C/C=C\C/C=C\C/C=C\C/C=C\CCC(=O)OC(COC(=O)CCCCCCCCCCCCCCCCCC)COC(=O)CCCCCCCCCCCCCCCCCCCCCC. The number of esters is 3. The van der Waals surface area contributed by atoms with Crippen molar-refractivity contribution in [3.8, 4) is 0 Å². The lowest BCUT2D eigenvalue weighted by molar-refractivity contribution is -0.166. The normalized spacial score (nSPS) is 12.5. The first-order valence-electron chi connectivity index (χ1n) is 31.4. The van der Waals surface area contributed by atoms with Gasteiger partial charge in [0.15, 0.2) is 6.10 Å². The van der Waals surface area contributed by atoms with Crippen LogP contribution in [0.15, 0.2) is 72.9 Å². The molecule has 0 saturated carbocycles. The van der Waals surface area contributed by atoms with Crippen molar-refractivity contribution >= 4 is 17.9 Å². The van der Waals surface area contributed by atoms with Crippen molar-refractivity contribution in [1.82, 2.24) is 0 Å². The van der Waals surface area contributed by atoms with Gasteiger partial charge in [-0.25, -0.2) is 0 Å². The van der Waals surface area contributed by atoms with Gasteiger partial charge in [0.25, 0.3) is 0 Å². The van der Waals surface area contributed by atoms with Crippen molar-refractivity contribution in [3.05, 3.63) is 72.9 Å². The van der Waals surface area contributed by atoms with Crippen molar-refractivity contribution in [2.75, 3.05) is 13.2 Å². The summed E-state index contributed by atoms with van der Waals surface area (Å²) in [5.74, 6) is -0.968. The fraction of sp³-hybridized carbons (Fsp3) is 0.776. The van der Waals surface area contributed by atoms with E-state index in [2.05, 4.69) is 87.6 Å². The van der Waals surface area contributed by atoms with Crippen molar-refractivity contribution in [2.45, 2.75) is 322 Å². The van der Waals surface area contributed by atoms with E-state index in [0.717, 1.165) is 77.0 Å². The molecule has 0 bridgehead atoms. The van der Waals surface area contributed by atoms with Gasteiger partial charge in [-0.2, -0.15) is 0 Å². The first-order chi connectivity index (χ1) is 36.0. The maximum absolute atomic E-state index is 12.9. The van der Waals surface area contributed by atoms with Gasteiger partial charge in [0.05, 0.1) is 0 Å². The molecular formula is C67H118O6. The van der Waals surface area contributed by atoms with E-state index in [1.807, 2.05) is 6.08 Å².